The number of carbonyl (C=O) groups is 1. The van der Waals surface area contributed by atoms with E-state index in [9.17, 15) is 10.1 Å². The van der Waals surface area contributed by atoms with Crippen LogP contribution in [0.15, 0.2) is 47.1 Å². The summed E-state index contributed by atoms with van der Waals surface area (Å²) in [5.41, 5.74) is 1.82. The molecular formula is C27H36N6O. The van der Waals surface area contributed by atoms with Gasteiger partial charge in [-0.1, -0.05) is 36.8 Å². The molecule has 7 heteroatoms. The second kappa shape index (κ2) is 8.74. The third kappa shape index (κ3) is 3.69. The van der Waals surface area contributed by atoms with E-state index in [0.29, 0.717) is 30.5 Å². The highest BCUT2D eigenvalue weighted by atomic mass is 16.2. The maximum atomic E-state index is 13.9. The summed E-state index contributed by atoms with van der Waals surface area (Å²) in [6.07, 6.45) is 9.34. The molecule has 0 aromatic heterocycles. The van der Waals surface area contributed by atoms with Crippen LogP contribution in [0.25, 0.3) is 0 Å². The van der Waals surface area contributed by atoms with Crippen molar-refractivity contribution in [2.45, 2.75) is 56.0 Å². The summed E-state index contributed by atoms with van der Waals surface area (Å²) in [4.78, 5) is 26.8. The Morgan fingerprint density at radius 3 is 2.41 bits per heavy atom. The van der Waals surface area contributed by atoms with Crippen LogP contribution < -0.4 is 0 Å². The first-order valence-corrected chi connectivity index (χ1v) is 12.6. The molecule has 0 unspecified atom stereocenters. The average Bonchev–Trinajstić information content (AvgIpc) is 3.08. The van der Waals surface area contributed by atoms with Gasteiger partial charge in [0, 0.05) is 25.3 Å². The minimum absolute atomic E-state index is 0.00526. The number of urea groups is 1. The molecule has 1 spiro atoms. The normalized spacial score (nSPS) is 29.9. The first-order valence-electron chi connectivity index (χ1n) is 12.6. The zero-order valence-corrected chi connectivity index (χ0v) is 20.7. The highest BCUT2D eigenvalue weighted by Crippen LogP contribution is 2.49. The van der Waals surface area contributed by atoms with Gasteiger partial charge in [-0.3, -0.25) is 9.80 Å². The molecule has 0 atom stereocenters. The summed E-state index contributed by atoms with van der Waals surface area (Å²) < 4.78 is 0. The van der Waals surface area contributed by atoms with Crippen LogP contribution >= 0.6 is 0 Å². The Hall–Kier alpha value is -2.85. The van der Waals surface area contributed by atoms with E-state index in [-0.39, 0.29) is 17.1 Å². The van der Waals surface area contributed by atoms with Gasteiger partial charge in [-0.05, 0) is 64.1 Å². The Morgan fingerprint density at radius 2 is 1.85 bits per heavy atom. The molecule has 0 N–H and O–H groups in total. The van der Waals surface area contributed by atoms with Gasteiger partial charge in [0.05, 0.1) is 30.3 Å². The van der Waals surface area contributed by atoms with E-state index in [0.717, 1.165) is 32.2 Å². The van der Waals surface area contributed by atoms with E-state index in [4.69, 9.17) is 0 Å². The molecule has 5 rings (SSSR count). The highest BCUT2D eigenvalue weighted by molar-refractivity contribution is 5.99. The molecule has 2 heterocycles. The summed E-state index contributed by atoms with van der Waals surface area (Å²) in [7, 11) is 6.30. The minimum atomic E-state index is -0.163. The zero-order chi connectivity index (χ0) is 23.9. The van der Waals surface area contributed by atoms with Crippen molar-refractivity contribution >= 4 is 12.0 Å². The number of amides is 2. The van der Waals surface area contributed by atoms with E-state index in [1.807, 2.05) is 16.8 Å². The number of benzene rings is 1. The topological polar surface area (TPSA) is 66.2 Å². The van der Waals surface area contributed by atoms with E-state index >= 15 is 0 Å². The molecule has 2 aliphatic heterocycles. The highest BCUT2D eigenvalue weighted by Gasteiger charge is 2.56. The van der Waals surface area contributed by atoms with Gasteiger partial charge in [0.1, 0.15) is 0 Å². The molecule has 1 saturated heterocycles. The van der Waals surface area contributed by atoms with Crippen molar-refractivity contribution in [3.63, 3.8) is 0 Å². The van der Waals surface area contributed by atoms with Crippen LogP contribution in [0.3, 0.4) is 0 Å². The lowest BCUT2D eigenvalue weighted by Crippen LogP contribution is -2.56. The number of aliphatic imine (C=N–C) groups is 1. The summed E-state index contributed by atoms with van der Waals surface area (Å²) in [6, 6.07) is 13.1. The standard InChI is InChI=1S/C27H36N6O/c1-30(2)27(23-10-5-4-6-11-23)14-12-26(13-15-27)20-32(24-29-17-22(16-28)18-31(24)3)25(34)33(26)19-21-8-7-9-21/h4-6,10-11,17,21H,7-9,12-15,18-20H2,1-3H3/t26-,27+. The zero-order valence-electron chi connectivity index (χ0n) is 20.7. The van der Waals surface area contributed by atoms with E-state index < -0.39 is 0 Å². The lowest BCUT2D eigenvalue weighted by atomic mass is 9.68. The Balaban J connectivity index is 1.45. The quantitative estimate of drug-likeness (QED) is 0.681. The first kappa shape index (κ1) is 22.9. The largest absolute Gasteiger partial charge is 0.340 e. The molecule has 2 amide bonds. The molecule has 4 aliphatic rings. The third-order valence-corrected chi connectivity index (χ3v) is 8.80. The van der Waals surface area contributed by atoms with Gasteiger partial charge in [-0.25, -0.2) is 9.79 Å². The third-order valence-electron chi connectivity index (χ3n) is 8.80. The molecule has 0 radical (unpaired) electrons. The Labute approximate surface area is 203 Å². The SMILES string of the molecule is CN1CC(C#N)=CN=C1N1C[C@]2(CC[C@](c3ccccc3)(N(C)C)CC2)N(CC2CCC2)C1=O. The van der Waals surface area contributed by atoms with Gasteiger partial charge in [-0.2, -0.15) is 5.26 Å². The number of hydrogen-bond donors (Lipinski definition) is 0. The molecule has 0 bridgehead atoms. The number of nitrogens with zero attached hydrogens (tertiary/aromatic N) is 6. The maximum absolute atomic E-state index is 13.9. The van der Waals surface area contributed by atoms with Gasteiger partial charge in [0.2, 0.25) is 5.96 Å². The number of likely N-dealkylation sites (N-methyl/N-ethyl adjacent to an activating group) is 1. The van der Waals surface area contributed by atoms with Crippen molar-refractivity contribution in [3.8, 4) is 6.07 Å². The van der Waals surface area contributed by atoms with Crippen molar-refractivity contribution < 1.29 is 4.79 Å². The van der Waals surface area contributed by atoms with E-state index in [1.54, 1.807) is 6.20 Å². The van der Waals surface area contributed by atoms with Crippen LogP contribution in [0.2, 0.25) is 0 Å². The van der Waals surface area contributed by atoms with Crippen LogP contribution in [0.5, 0.6) is 0 Å². The molecule has 180 valence electrons. The van der Waals surface area contributed by atoms with Crippen molar-refractivity contribution in [2.24, 2.45) is 10.9 Å². The molecule has 7 nitrogen and oxygen atoms in total. The second-order valence-electron chi connectivity index (χ2n) is 10.8. The van der Waals surface area contributed by atoms with Gasteiger partial charge in [0.15, 0.2) is 0 Å². The lowest BCUT2D eigenvalue weighted by Gasteiger charge is -2.51. The lowest BCUT2D eigenvalue weighted by molar-refractivity contribution is 0.0164. The number of nitriles is 1. The molecule has 2 saturated carbocycles. The molecule has 1 aromatic rings. The predicted octanol–water partition coefficient (Wildman–Crippen LogP) is 4.00. The number of carbonyl (C=O) groups excluding carboxylic acids is 1. The van der Waals surface area contributed by atoms with Crippen molar-refractivity contribution in [1.82, 2.24) is 19.6 Å². The van der Waals surface area contributed by atoms with Gasteiger partial charge in [0.25, 0.3) is 0 Å². The molecule has 1 aromatic carbocycles. The van der Waals surface area contributed by atoms with Crippen molar-refractivity contribution in [2.75, 3.05) is 40.8 Å². The second-order valence-corrected chi connectivity index (χ2v) is 10.8. The van der Waals surface area contributed by atoms with Crippen LogP contribution in [0, 0.1) is 17.2 Å². The fraction of sp³-hybridized carbons (Fsp3) is 0.593. The van der Waals surface area contributed by atoms with Crippen molar-refractivity contribution in [3.05, 3.63) is 47.7 Å². The predicted molar refractivity (Wildman–Crippen MR) is 133 cm³/mol. The Morgan fingerprint density at radius 1 is 1.15 bits per heavy atom. The van der Waals surface area contributed by atoms with Crippen LogP contribution in [0.1, 0.15) is 50.5 Å². The Kier molecular flexibility index (Phi) is 5.89. The smallest absolute Gasteiger partial charge is 0.327 e. The fourth-order valence-electron chi connectivity index (χ4n) is 6.40. The van der Waals surface area contributed by atoms with Gasteiger partial charge in [-0.15, -0.1) is 0 Å². The van der Waals surface area contributed by atoms with Gasteiger partial charge >= 0.3 is 6.03 Å². The fourth-order valence-corrected chi connectivity index (χ4v) is 6.40. The average molecular weight is 461 g/mol. The van der Waals surface area contributed by atoms with Gasteiger partial charge < -0.3 is 9.80 Å². The van der Waals surface area contributed by atoms with Crippen LogP contribution in [-0.2, 0) is 5.54 Å². The molecule has 3 fully saturated rings. The van der Waals surface area contributed by atoms with E-state index in [2.05, 4.69) is 65.3 Å². The van der Waals surface area contributed by atoms with Crippen LogP contribution in [-0.4, -0.2) is 77.9 Å². The Bertz CT molecular complexity index is 1030. The summed E-state index contributed by atoms with van der Waals surface area (Å²) in [5, 5.41) is 9.27. The summed E-state index contributed by atoms with van der Waals surface area (Å²) >= 11 is 0. The monoisotopic (exact) mass is 460 g/mol. The molecule has 2 aliphatic carbocycles. The minimum Gasteiger partial charge on any atom is -0.340 e. The molecule has 34 heavy (non-hydrogen) atoms. The van der Waals surface area contributed by atoms with Crippen LogP contribution in [0.4, 0.5) is 4.79 Å². The number of rotatable bonds is 4. The van der Waals surface area contributed by atoms with E-state index in [1.165, 1.54) is 24.8 Å². The maximum Gasteiger partial charge on any atom is 0.327 e. The number of hydrogen-bond acceptors (Lipinski definition) is 5. The summed E-state index contributed by atoms with van der Waals surface area (Å²) in [5.74, 6) is 1.29. The van der Waals surface area contributed by atoms with Crippen molar-refractivity contribution in [1.29, 1.82) is 5.26 Å². The summed E-state index contributed by atoms with van der Waals surface area (Å²) in [6.45, 7) is 2.02. The first-order chi connectivity index (χ1) is 16.4. The molecular weight excluding hydrogens is 424 g/mol. The number of guanidine groups is 1.